The fourth-order valence-corrected chi connectivity index (χ4v) is 1.87. The molecule has 1 saturated heterocycles. The zero-order valence-electron chi connectivity index (χ0n) is 11.6. The maximum atomic E-state index is 11.7. The number of rotatable bonds is 4. The Labute approximate surface area is 109 Å². The van der Waals surface area contributed by atoms with E-state index in [-0.39, 0.29) is 18.0 Å². The van der Waals surface area contributed by atoms with Crippen molar-refractivity contribution in [2.24, 2.45) is 5.92 Å². The number of nitrogens with one attached hydrogen (secondary N) is 1. The van der Waals surface area contributed by atoms with Gasteiger partial charge in [-0.2, -0.15) is 0 Å². The van der Waals surface area contributed by atoms with Gasteiger partial charge in [0.1, 0.15) is 0 Å². The molecule has 0 aromatic carbocycles. The van der Waals surface area contributed by atoms with Gasteiger partial charge in [-0.15, -0.1) is 0 Å². The molecule has 0 spiro atoms. The van der Waals surface area contributed by atoms with Gasteiger partial charge < -0.3 is 15.0 Å². The summed E-state index contributed by atoms with van der Waals surface area (Å²) in [6, 6.07) is 0.201. The lowest BCUT2D eigenvalue weighted by atomic mass is 10.1. The number of nitrogens with zero attached hydrogens (tertiary/aromatic N) is 1. The molecule has 1 rings (SSSR count). The van der Waals surface area contributed by atoms with E-state index in [0.717, 1.165) is 12.8 Å². The summed E-state index contributed by atoms with van der Waals surface area (Å²) in [4.78, 5) is 24.7. The van der Waals surface area contributed by atoms with Crippen molar-refractivity contribution in [1.29, 1.82) is 0 Å². The molecular weight excluding hydrogens is 232 g/mol. The van der Waals surface area contributed by atoms with Gasteiger partial charge in [0.2, 0.25) is 5.91 Å². The van der Waals surface area contributed by atoms with Crippen molar-refractivity contribution in [1.82, 2.24) is 10.2 Å². The Balaban J connectivity index is 2.26. The van der Waals surface area contributed by atoms with Gasteiger partial charge in [0.05, 0.1) is 6.61 Å². The third kappa shape index (κ3) is 4.94. The number of carbonyl (C=O) groups is 2. The van der Waals surface area contributed by atoms with Crippen molar-refractivity contribution in [3.63, 3.8) is 0 Å². The fraction of sp³-hybridized carbons (Fsp3) is 0.846. The smallest absolute Gasteiger partial charge is 0.409 e. The van der Waals surface area contributed by atoms with Crippen molar-refractivity contribution >= 4 is 12.0 Å². The van der Waals surface area contributed by atoms with Crippen molar-refractivity contribution in [2.75, 3.05) is 19.7 Å². The molecule has 0 unspecified atom stereocenters. The van der Waals surface area contributed by atoms with Crippen LogP contribution in [0.25, 0.3) is 0 Å². The molecule has 5 nitrogen and oxygen atoms in total. The molecule has 1 N–H and O–H groups in total. The minimum atomic E-state index is -0.232. The van der Waals surface area contributed by atoms with E-state index in [1.54, 1.807) is 4.90 Å². The highest BCUT2D eigenvalue weighted by molar-refractivity contribution is 5.75. The summed E-state index contributed by atoms with van der Waals surface area (Å²) in [5.74, 6) is 0.436. The molecular formula is C13H24N2O3. The van der Waals surface area contributed by atoms with E-state index in [0.29, 0.717) is 32.0 Å². The highest BCUT2D eigenvalue weighted by atomic mass is 16.6. The van der Waals surface area contributed by atoms with Gasteiger partial charge in [-0.05, 0) is 18.8 Å². The second-order valence-corrected chi connectivity index (χ2v) is 5.15. The van der Waals surface area contributed by atoms with Crippen molar-refractivity contribution in [3.05, 3.63) is 0 Å². The van der Waals surface area contributed by atoms with Gasteiger partial charge in [0, 0.05) is 25.6 Å². The monoisotopic (exact) mass is 256 g/mol. The van der Waals surface area contributed by atoms with Crippen LogP contribution in [0.5, 0.6) is 0 Å². The molecule has 2 amide bonds. The summed E-state index contributed by atoms with van der Waals surface area (Å²) >= 11 is 0. The summed E-state index contributed by atoms with van der Waals surface area (Å²) in [5, 5.41) is 2.96. The predicted molar refractivity (Wildman–Crippen MR) is 69.2 cm³/mol. The molecule has 0 aromatic rings. The maximum absolute atomic E-state index is 11.7. The molecule has 104 valence electrons. The lowest BCUT2D eigenvalue weighted by Crippen LogP contribution is -2.46. The van der Waals surface area contributed by atoms with Crippen LogP contribution >= 0.6 is 0 Å². The lowest BCUT2D eigenvalue weighted by molar-refractivity contribution is -0.121. The zero-order valence-corrected chi connectivity index (χ0v) is 11.6. The van der Waals surface area contributed by atoms with Crippen LogP contribution in [-0.2, 0) is 9.53 Å². The molecule has 5 heteroatoms. The quantitative estimate of drug-likeness (QED) is 0.834. The summed E-state index contributed by atoms with van der Waals surface area (Å²) in [5.41, 5.74) is 0. The average Bonchev–Trinajstić information content (AvgIpc) is 2.36. The predicted octanol–water partition coefficient (Wildman–Crippen LogP) is 1.77. The Kier molecular flexibility index (Phi) is 5.95. The van der Waals surface area contributed by atoms with Crippen LogP contribution in [0.15, 0.2) is 0 Å². The fourth-order valence-electron chi connectivity index (χ4n) is 1.87. The summed E-state index contributed by atoms with van der Waals surface area (Å²) in [7, 11) is 0. The van der Waals surface area contributed by atoms with Gasteiger partial charge in [0.25, 0.3) is 0 Å². The largest absolute Gasteiger partial charge is 0.449 e. The van der Waals surface area contributed by atoms with Crippen LogP contribution in [0, 0.1) is 5.92 Å². The molecule has 1 aliphatic heterocycles. The van der Waals surface area contributed by atoms with Crippen LogP contribution in [-0.4, -0.2) is 42.6 Å². The van der Waals surface area contributed by atoms with Crippen LogP contribution < -0.4 is 5.32 Å². The van der Waals surface area contributed by atoms with Gasteiger partial charge in [-0.1, -0.05) is 20.8 Å². The highest BCUT2D eigenvalue weighted by Gasteiger charge is 2.24. The SMILES string of the molecule is CCC(=O)NC1CCN(C(=O)OCC(C)C)CC1. The van der Waals surface area contributed by atoms with E-state index in [2.05, 4.69) is 5.32 Å². The molecule has 0 atom stereocenters. The number of piperidine rings is 1. The van der Waals surface area contributed by atoms with E-state index in [4.69, 9.17) is 4.74 Å². The Hall–Kier alpha value is -1.26. The first-order chi connectivity index (χ1) is 8.52. The third-order valence-electron chi connectivity index (χ3n) is 2.98. The number of hydrogen-bond acceptors (Lipinski definition) is 3. The Morgan fingerprint density at radius 1 is 1.33 bits per heavy atom. The molecule has 1 heterocycles. The second-order valence-electron chi connectivity index (χ2n) is 5.15. The average molecular weight is 256 g/mol. The van der Waals surface area contributed by atoms with Gasteiger partial charge in [0.15, 0.2) is 0 Å². The Morgan fingerprint density at radius 2 is 1.94 bits per heavy atom. The van der Waals surface area contributed by atoms with Crippen LogP contribution in [0.4, 0.5) is 4.79 Å². The van der Waals surface area contributed by atoms with Crippen molar-refractivity contribution < 1.29 is 14.3 Å². The summed E-state index contributed by atoms with van der Waals surface area (Å²) < 4.78 is 5.18. The maximum Gasteiger partial charge on any atom is 0.409 e. The molecule has 1 fully saturated rings. The molecule has 0 saturated carbocycles. The molecule has 1 aliphatic rings. The minimum Gasteiger partial charge on any atom is -0.449 e. The van der Waals surface area contributed by atoms with Gasteiger partial charge >= 0.3 is 6.09 Å². The number of hydrogen-bond donors (Lipinski definition) is 1. The normalized spacial score (nSPS) is 16.8. The number of likely N-dealkylation sites (tertiary alicyclic amines) is 1. The number of carbonyl (C=O) groups excluding carboxylic acids is 2. The highest BCUT2D eigenvalue weighted by Crippen LogP contribution is 2.12. The first kappa shape index (κ1) is 14.8. The second kappa shape index (κ2) is 7.24. The van der Waals surface area contributed by atoms with Crippen LogP contribution in [0.1, 0.15) is 40.0 Å². The minimum absolute atomic E-state index is 0.0795. The standard InChI is InChI=1S/C13H24N2O3/c1-4-12(16)14-11-5-7-15(8-6-11)13(17)18-9-10(2)3/h10-11H,4-9H2,1-3H3,(H,14,16). The van der Waals surface area contributed by atoms with E-state index in [1.807, 2.05) is 20.8 Å². The first-order valence-corrected chi connectivity index (χ1v) is 6.74. The van der Waals surface area contributed by atoms with Crippen LogP contribution in [0.3, 0.4) is 0 Å². The topological polar surface area (TPSA) is 58.6 Å². The number of amides is 2. The van der Waals surface area contributed by atoms with Gasteiger partial charge in [-0.3, -0.25) is 4.79 Å². The van der Waals surface area contributed by atoms with E-state index in [9.17, 15) is 9.59 Å². The lowest BCUT2D eigenvalue weighted by Gasteiger charge is -2.31. The van der Waals surface area contributed by atoms with Crippen LogP contribution in [0.2, 0.25) is 0 Å². The first-order valence-electron chi connectivity index (χ1n) is 6.74. The van der Waals surface area contributed by atoms with Crippen molar-refractivity contribution in [2.45, 2.75) is 46.1 Å². The summed E-state index contributed by atoms with van der Waals surface area (Å²) in [6.07, 6.45) is 1.89. The van der Waals surface area contributed by atoms with Crippen molar-refractivity contribution in [3.8, 4) is 0 Å². The van der Waals surface area contributed by atoms with E-state index >= 15 is 0 Å². The van der Waals surface area contributed by atoms with Gasteiger partial charge in [-0.25, -0.2) is 4.79 Å². The molecule has 0 aliphatic carbocycles. The summed E-state index contributed by atoms with van der Waals surface area (Å²) in [6.45, 7) is 7.65. The number of ether oxygens (including phenoxy) is 1. The van der Waals surface area contributed by atoms with E-state index < -0.39 is 0 Å². The molecule has 18 heavy (non-hydrogen) atoms. The molecule has 0 radical (unpaired) electrons. The third-order valence-corrected chi connectivity index (χ3v) is 2.98. The zero-order chi connectivity index (χ0) is 13.5. The van der Waals surface area contributed by atoms with E-state index in [1.165, 1.54) is 0 Å². The Morgan fingerprint density at radius 3 is 2.44 bits per heavy atom. The molecule has 0 aromatic heterocycles. The Bertz CT molecular complexity index is 284. The molecule has 0 bridgehead atoms.